The van der Waals surface area contributed by atoms with Crippen LogP contribution in [0.1, 0.15) is 20.3 Å². The van der Waals surface area contributed by atoms with Gasteiger partial charge in [-0.25, -0.2) is 15.0 Å². The monoisotopic (exact) mass is 278 g/mol. The number of hydrogen-bond acceptors (Lipinski definition) is 5. The summed E-state index contributed by atoms with van der Waals surface area (Å²) in [6.45, 7) is 5.96. The number of hydrogen-bond donors (Lipinski definition) is 2. The minimum absolute atomic E-state index is 0.513. The van der Waals surface area contributed by atoms with E-state index in [1.54, 1.807) is 6.33 Å². The lowest BCUT2D eigenvalue weighted by molar-refractivity contribution is 0.610. The zero-order chi connectivity index (χ0) is 13.8. The molecule has 0 saturated carbocycles. The van der Waals surface area contributed by atoms with Crippen LogP contribution in [0.25, 0.3) is 11.2 Å². The topological polar surface area (TPSA) is 83.7 Å². The molecular formula is C12H18N6S. The lowest BCUT2D eigenvalue weighted by Crippen LogP contribution is -2.32. The Hall–Kier alpha value is -1.76. The predicted molar refractivity (Wildman–Crippen MR) is 80.1 cm³/mol. The van der Waals surface area contributed by atoms with Crippen LogP contribution in [0.3, 0.4) is 0 Å². The van der Waals surface area contributed by atoms with Gasteiger partial charge < -0.3 is 15.6 Å². The van der Waals surface area contributed by atoms with E-state index in [2.05, 4.69) is 38.7 Å². The molecular weight excluding hydrogens is 260 g/mol. The molecule has 0 aliphatic rings. The van der Waals surface area contributed by atoms with Gasteiger partial charge in [0.2, 0.25) is 0 Å². The Morgan fingerprint density at radius 1 is 1.42 bits per heavy atom. The molecule has 0 unspecified atom stereocenters. The molecule has 2 aromatic heterocycles. The van der Waals surface area contributed by atoms with Crippen LogP contribution in [0.4, 0.5) is 5.82 Å². The molecule has 0 bridgehead atoms. The first-order chi connectivity index (χ1) is 9.08. The minimum atomic E-state index is 0.513. The van der Waals surface area contributed by atoms with Gasteiger partial charge in [-0.2, -0.15) is 0 Å². The molecule has 0 amide bonds. The van der Waals surface area contributed by atoms with E-state index in [1.807, 2.05) is 0 Å². The van der Waals surface area contributed by atoms with Gasteiger partial charge in [0.1, 0.15) is 11.8 Å². The third-order valence-corrected chi connectivity index (χ3v) is 2.92. The van der Waals surface area contributed by atoms with Crippen molar-refractivity contribution in [2.24, 2.45) is 11.7 Å². The lowest BCUT2D eigenvalue weighted by Gasteiger charge is -2.25. The largest absolute Gasteiger partial charge is 0.393 e. The summed E-state index contributed by atoms with van der Waals surface area (Å²) in [4.78, 5) is 18.4. The van der Waals surface area contributed by atoms with Crippen LogP contribution >= 0.6 is 12.2 Å². The highest BCUT2D eigenvalue weighted by atomic mass is 32.1. The van der Waals surface area contributed by atoms with Crippen molar-refractivity contribution < 1.29 is 0 Å². The number of aromatic amines is 1. The first-order valence-electron chi connectivity index (χ1n) is 6.25. The van der Waals surface area contributed by atoms with Crippen molar-refractivity contribution in [1.29, 1.82) is 0 Å². The Morgan fingerprint density at radius 3 is 2.89 bits per heavy atom. The summed E-state index contributed by atoms with van der Waals surface area (Å²) in [5.41, 5.74) is 7.12. The van der Waals surface area contributed by atoms with Crippen molar-refractivity contribution in [1.82, 2.24) is 19.9 Å². The number of nitrogens with two attached hydrogens (primary N) is 1. The highest BCUT2D eigenvalue weighted by Gasteiger charge is 2.15. The fourth-order valence-corrected chi connectivity index (χ4v) is 2.05. The molecule has 2 heterocycles. The van der Waals surface area contributed by atoms with Crippen LogP contribution in [0.5, 0.6) is 0 Å². The van der Waals surface area contributed by atoms with Gasteiger partial charge in [0.25, 0.3) is 0 Å². The summed E-state index contributed by atoms with van der Waals surface area (Å²) in [6, 6.07) is 0. The second kappa shape index (κ2) is 5.92. The van der Waals surface area contributed by atoms with Gasteiger partial charge >= 0.3 is 0 Å². The van der Waals surface area contributed by atoms with E-state index in [0.717, 1.165) is 24.4 Å². The van der Waals surface area contributed by atoms with Gasteiger partial charge in [0, 0.05) is 19.5 Å². The van der Waals surface area contributed by atoms with Crippen molar-refractivity contribution in [2.75, 3.05) is 18.0 Å². The summed E-state index contributed by atoms with van der Waals surface area (Å²) in [7, 11) is 0. The van der Waals surface area contributed by atoms with Crippen molar-refractivity contribution in [2.45, 2.75) is 20.3 Å². The number of thiocarbonyl (C=S) groups is 1. The van der Waals surface area contributed by atoms with Crippen LogP contribution < -0.4 is 10.6 Å². The number of nitrogens with zero attached hydrogens (tertiary/aromatic N) is 4. The maximum Gasteiger partial charge on any atom is 0.182 e. The lowest BCUT2D eigenvalue weighted by atomic mass is 10.2. The minimum Gasteiger partial charge on any atom is -0.393 e. The van der Waals surface area contributed by atoms with Crippen LogP contribution in [-0.4, -0.2) is 38.0 Å². The first kappa shape index (κ1) is 13.7. The molecule has 6 nitrogen and oxygen atoms in total. The molecule has 0 atom stereocenters. The Morgan fingerprint density at radius 2 is 2.21 bits per heavy atom. The van der Waals surface area contributed by atoms with E-state index < -0.39 is 0 Å². The molecule has 0 radical (unpaired) electrons. The van der Waals surface area contributed by atoms with Crippen LogP contribution in [0.15, 0.2) is 12.7 Å². The SMILES string of the molecule is CC(C)CN(CCC(N)=S)c1ncnc2nc[nH]c12. The Labute approximate surface area is 117 Å². The third kappa shape index (κ3) is 3.37. The summed E-state index contributed by atoms with van der Waals surface area (Å²) in [5, 5.41) is 0. The second-order valence-corrected chi connectivity index (χ2v) is 5.38. The molecule has 102 valence electrons. The Bertz CT molecular complexity index is 564. The zero-order valence-electron chi connectivity index (χ0n) is 11.1. The van der Waals surface area contributed by atoms with Crippen molar-refractivity contribution in [3.63, 3.8) is 0 Å². The smallest absolute Gasteiger partial charge is 0.182 e. The highest BCUT2D eigenvalue weighted by Crippen LogP contribution is 2.20. The van der Waals surface area contributed by atoms with E-state index in [0.29, 0.717) is 23.0 Å². The molecule has 0 aromatic carbocycles. The normalized spacial score (nSPS) is 11.1. The molecule has 7 heteroatoms. The van der Waals surface area contributed by atoms with E-state index in [-0.39, 0.29) is 0 Å². The van der Waals surface area contributed by atoms with E-state index in [4.69, 9.17) is 18.0 Å². The van der Waals surface area contributed by atoms with Crippen LogP contribution in [0, 0.1) is 5.92 Å². The number of imidazole rings is 1. The zero-order valence-corrected chi connectivity index (χ0v) is 11.9. The maximum atomic E-state index is 5.59. The summed E-state index contributed by atoms with van der Waals surface area (Å²) in [5.74, 6) is 1.37. The van der Waals surface area contributed by atoms with Gasteiger partial charge in [0.15, 0.2) is 11.5 Å². The molecule has 19 heavy (non-hydrogen) atoms. The van der Waals surface area contributed by atoms with Gasteiger partial charge in [-0.1, -0.05) is 26.1 Å². The standard InChI is InChI=1S/C12H18N6S/c1-8(2)5-18(4-3-9(13)19)12-10-11(15-6-14-10)16-7-17-12/h6-8H,3-5H2,1-2H3,(H2,13,19)(H,14,15,16,17). The van der Waals surface area contributed by atoms with Crippen molar-refractivity contribution in [3.8, 4) is 0 Å². The molecule has 0 fully saturated rings. The number of aromatic nitrogens is 4. The average molecular weight is 278 g/mol. The number of anilines is 1. The predicted octanol–water partition coefficient (Wildman–Crippen LogP) is 1.49. The number of nitrogens with one attached hydrogen (secondary N) is 1. The van der Waals surface area contributed by atoms with Crippen LogP contribution in [-0.2, 0) is 0 Å². The number of H-pyrrole nitrogens is 1. The van der Waals surface area contributed by atoms with E-state index >= 15 is 0 Å². The fourth-order valence-electron chi connectivity index (χ4n) is 1.96. The second-order valence-electron chi connectivity index (χ2n) is 4.85. The molecule has 0 saturated heterocycles. The Balaban J connectivity index is 2.30. The first-order valence-corrected chi connectivity index (χ1v) is 6.66. The van der Waals surface area contributed by atoms with E-state index in [9.17, 15) is 0 Å². The molecule has 2 aromatic rings. The Kier molecular flexibility index (Phi) is 4.26. The summed E-state index contributed by atoms with van der Waals surface area (Å²) in [6.07, 6.45) is 3.83. The fraction of sp³-hybridized carbons (Fsp3) is 0.500. The summed E-state index contributed by atoms with van der Waals surface area (Å²) >= 11 is 4.95. The highest BCUT2D eigenvalue weighted by molar-refractivity contribution is 7.80. The van der Waals surface area contributed by atoms with Crippen molar-refractivity contribution >= 4 is 34.2 Å². The molecule has 2 rings (SSSR count). The van der Waals surface area contributed by atoms with Gasteiger partial charge in [0.05, 0.1) is 11.3 Å². The van der Waals surface area contributed by atoms with Gasteiger partial charge in [-0.3, -0.25) is 0 Å². The van der Waals surface area contributed by atoms with Crippen LogP contribution in [0.2, 0.25) is 0 Å². The molecule has 0 spiro atoms. The average Bonchev–Trinajstić information content (AvgIpc) is 2.81. The third-order valence-electron chi connectivity index (χ3n) is 2.72. The molecule has 0 aliphatic heterocycles. The maximum absolute atomic E-state index is 5.59. The van der Waals surface area contributed by atoms with Gasteiger partial charge in [-0.15, -0.1) is 0 Å². The number of fused-ring (bicyclic) bond motifs is 1. The quantitative estimate of drug-likeness (QED) is 0.779. The van der Waals surface area contributed by atoms with Gasteiger partial charge in [-0.05, 0) is 5.92 Å². The van der Waals surface area contributed by atoms with E-state index in [1.165, 1.54) is 6.33 Å². The summed E-state index contributed by atoms with van der Waals surface area (Å²) < 4.78 is 0. The van der Waals surface area contributed by atoms with Crippen molar-refractivity contribution in [3.05, 3.63) is 12.7 Å². The molecule has 0 aliphatic carbocycles. The molecule has 3 N–H and O–H groups in total. The number of rotatable bonds is 6.